The van der Waals surface area contributed by atoms with Crippen molar-refractivity contribution < 1.29 is 29.9 Å². The fourth-order valence-corrected chi connectivity index (χ4v) is 1.46. The highest BCUT2D eigenvalue weighted by molar-refractivity contribution is 6.40. The second kappa shape index (κ2) is 10.8. The van der Waals surface area contributed by atoms with E-state index in [-0.39, 0.29) is 13.1 Å². The van der Waals surface area contributed by atoms with Crippen molar-refractivity contribution in [1.82, 2.24) is 4.90 Å². The number of aryl methyl sites for hydroxylation is 1. The molecule has 0 atom stereocenters. The number of carboxylic acids is 2. The topological polar surface area (TPSA) is 118 Å². The molecule has 0 aromatic heterocycles. The zero-order chi connectivity index (χ0) is 16.3. The largest absolute Gasteiger partial charge is 0.480 e. The van der Waals surface area contributed by atoms with Gasteiger partial charge >= 0.3 is 19.1 Å². The van der Waals surface area contributed by atoms with Crippen molar-refractivity contribution in [3.63, 3.8) is 0 Å². The summed E-state index contributed by atoms with van der Waals surface area (Å²) in [5.41, 5.74) is 1.14. The van der Waals surface area contributed by atoms with Gasteiger partial charge in [-0.25, -0.2) is 0 Å². The number of rotatable bonds is 7. The number of aliphatic carboxylic acids is 2. The van der Waals surface area contributed by atoms with E-state index in [1.165, 1.54) is 11.9 Å². The first-order valence-electron chi connectivity index (χ1n) is 6.33. The lowest BCUT2D eigenvalue weighted by molar-refractivity contribution is -0.141. The Morgan fingerprint density at radius 3 is 1.90 bits per heavy atom. The van der Waals surface area contributed by atoms with Gasteiger partial charge < -0.3 is 20.3 Å². The summed E-state index contributed by atoms with van der Waals surface area (Å²) in [5, 5.41) is 33.5. The lowest BCUT2D eigenvalue weighted by atomic mass is 9.83. The summed E-state index contributed by atoms with van der Waals surface area (Å²) in [6, 6.07) is 9.78. The van der Waals surface area contributed by atoms with Gasteiger partial charge in [0.25, 0.3) is 0 Å². The normalized spacial score (nSPS) is 9.71. The number of hydrogen-bond donors (Lipinski definition) is 4. The van der Waals surface area contributed by atoms with Crippen LogP contribution >= 0.6 is 0 Å². The highest BCUT2D eigenvalue weighted by atomic mass is 16.4. The molecule has 0 aliphatic carbocycles. The van der Waals surface area contributed by atoms with Crippen molar-refractivity contribution in [3.8, 4) is 0 Å². The van der Waals surface area contributed by atoms with Gasteiger partial charge in [-0.15, -0.1) is 0 Å². The fraction of sp³-hybridized carbons (Fsp3) is 0.385. The van der Waals surface area contributed by atoms with Crippen LogP contribution < -0.4 is 0 Å². The van der Waals surface area contributed by atoms with Gasteiger partial charge in [0, 0.05) is 0 Å². The summed E-state index contributed by atoms with van der Waals surface area (Å²) in [7, 11) is 0.248. The van der Waals surface area contributed by atoms with Crippen LogP contribution in [0, 0.1) is 0 Å². The molecule has 0 saturated heterocycles. The van der Waals surface area contributed by atoms with Gasteiger partial charge in [-0.2, -0.15) is 0 Å². The zero-order valence-electron chi connectivity index (χ0n) is 11.8. The number of likely N-dealkylation sites (N-methyl/N-ethyl adjacent to an activating group) is 1. The van der Waals surface area contributed by atoms with Crippen molar-refractivity contribution in [1.29, 1.82) is 0 Å². The second-order valence-corrected chi connectivity index (χ2v) is 4.46. The monoisotopic (exact) mass is 297 g/mol. The lowest BCUT2D eigenvalue weighted by Gasteiger charge is -2.08. The van der Waals surface area contributed by atoms with Crippen LogP contribution in [0.15, 0.2) is 30.3 Å². The molecule has 0 radical (unpaired) electrons. The van der Waals surface area contributed by atoms with E-state index < -0.39 is 19.1 Å². The molecule has 0 amide bonds. The van der Waals surface area contributed by atoms with Crippen LogP contribution in [0.3, 0.4) is 0 Å². The lowest BCUT2D eigenvalue weighted by Crippen LogP contribution is -2.30. The predicted octanol–water partition coefficient (Wildman–Crippen LogP) is -0.211. The van der Waals surface area contributed by atoms with Gasteiger partial charge in [0.1, 0.15) is 0 Å². The fourth-order valence-electron chi connectivity index (χ4n) is 1.46. The molecule has 0 bridgehead atoms. The van der Waals surface area contributed by atoms with Crippen LogP contribution in [0.1, 0.15) is 5.56 Å². The molecular weight excluding hydrogens is 277 g/mol. The number of nitrogens with zero attached hydrogens (tertiary/aromatic N) is 1. The maximum absolute atomic E-state index is 9.96. The molecule has 4 N–H and O–H groups in total. The van der Waals surface area contributed by atoms with Crippen molar-refractivity contribution in [2.75, 3.05) is 20.1 Å². The Balaban J connectivity index is 0.000000384. The van der Waals surface area contributed by atoms with Gasteiger partial charge in [0.2, 0.25) is 0 Å². The Kier molecular flexibility index (Phi) is 9.86. The first-order chi connectivity index (χ1) is 9.81. The van der Waals surface area contributed by atoms with E-state index in [4.69, 9.17) is 20.3 Å². The summed E-state index contributed by atoms with van der Waals surface area (Å²) in [5.74, 6) is -2.05. The standard InChI is InChI=1S/C8H11BO2.C5H9NO4/c10-9(11)7-6-8-4-2-1-3-5-8;1-6(2-4(7)8)3-5(9)10/h1-5,10-11H,6-7H2;2-3H2,1H3,(H,7,8)(H,9,10). The summed E-state index contributed by atoms with van der Waals surface area (Å²) in [6.07, 6.45) is 1.13. The molecule has 0 aliphatic rings. The quantitative estimate of drug-likeness (QED) is 0.514. The Morgan fingerprint density at radius 1 is 1.05 bits per heavy atom. The summed E-state index contributed by atoms with van der Waals surface area (Å²) < 4.78 is 0. The van der Waals surface area contributed by atoms with Crippen LogP contribution in [0.5, 0.6) is 0 Å². The van der Waals surface area contributed by atoms with E-state index in [0.29, 0.717) is 6.32 Å². The van der Waals surface area contributed by atoms with Gasteiger partial charge in [-0.3, -0.25) is 14.5 Å². The maximum atomic E-state index is 9.96. The molecule has 21 heavy (non-hydrogen) atoms. The first-order valence-corrected chi connectivity index (χ1v) is 6.33. The van der Waals surface area contributed by atoms with Crippen molar-refractivity contribution >= 4 is 19.1 Å². The van der Waals surface area contributed by atoms with E-state index >= 15 is 0 Å². The highest BCUT2D eigenvalue weighted by Gasteiger charge is 2.07. The summed E-state index contributed by atoms with van der Waals surface area (Å²) >= 11 is 0. The zero-order valence-corrected chi connectivity index (χ0v) is 11.8. The molecule has 0 fully saturated rings. The minimum atomic E-state index is -1.18. The Labute approximate surface area is 123 Å². The Morgan fingerprint density at radius 2 is 1.52 bits per heavy atom. The van der Waals surface area contributed by atoms with E-state index in [0.717, 1.165) is 12.0 Å². The van der Waals surface area contributed by atoms with Crippen LogP contribution in [-0.4, -0.2) is 64.4 Å². The molecule has 8 heteroatoms. The minimum Gasteiger partial charge on any atom is -0.480 e. The molecule has 0 saturated carbocycles. The van der Waals surface area contributed by atoms with Crippen LogP contribution in [-0.2, 0) is 16.0 Å². The first kappa shape index (κ1) is 19.1. The summed E-state index contributed by atoms with van der Waals surface area (Å²) in [4.78, 5) is 21.1. The molecule has 1 aromatic carbocycles. The molecule has 1 aromatic rings. The van der Waals surface area contributed by atoms with Gasteiger partial charge in [0.15, 0.2) is 0 Å². The second-order valence-electron chi connectivity index (χ2n) is 4.46. The molecule has 1 rings (SSSR count). The van der Waals surface area contributed by atoms with Crippen LogP contribution in [0.2, 0.25) is 6.32 Å². The number of carbonyl (C=O) groups is 2. The minimum absolute atomic E-state index is 0.244. The average molecular weight is 297 g/mol. The molecule has 7 nitrogen and oxygen atoms in total. The summed E-state index contributed by atoms with van der Waals surface area (Å²) in [6.45, 7) is -0.488. The van der Waals surface area contributed by atoms with Crippen LogP contribution in [0.25, 0.3) is 0 Å². The van der Waals surface area contributed by atoms with Gasteiger partial charge in [-0.1, -0.05) is 30.3 Å². The highest BCUT2D eigenvalue weighted by Crippen LogP contribution is 2.02. The molecule has 0 aliphatic heterocycles. The van der Waals surface area contributed by atoms with E-state index in [1.807, 2.05) is 30.3 Å². The smallest absolute Gasteiger partial charge is 0.451 e. The van der Waals surface area contributed by atoms with Crippen molar-refractivity contribution in [2.24, 2.45) is 0 Å². The van der Waals surface area contributed by atoms with E-state index in [2.05, 4.69) is 0 Å². The third-order valence-electron chi connectivity index (χ3n) is 2.34. The number of hydrogen-bond acceptors (Lipinski definition) is 5. The van der Waals surface area contributed by atoms with Crippen molar-refractivity contribution in [3.05, 3.63) is 35.9 Å². The predicted molar refractivity (Wildman–Crippen MR) is 77.9 cm³/mol. The van der Waals surface area contributed by atoms with E-state index in [1.54, 1.807) is 0 Å². The van der Waals surface area contributed by atoms with E-state index in [9.17, 15) is 9.59 Å². The third-order valence-corrected chi connectivity index (χ3v) is 2.34. The molecule has 116 valence electrons. The molecule has 0 heterocycles. The van der Waals surface area contributed by atoms with Gasteiger partial charge in [-0.05, 0) is 25.4 Å². The SMILES string of the molecule is CN(CC(=O)O)CC(=O)O.OB(O)CCc1ccccc1. The van der Waals surface area contributed by atoms with Crippen LogP contribution in [0.4, 0.5) is 0 Å². The molecule has 0 spiro atoms. The maximum Gasteiger partial charge on any atom is 0.451 e. The molecule has 0 unspecified atom stereocenters. The third kappa shape index (κ3) is 12.9. The molecular formula is C13H20BNO6. The number of benzene rings is 1. The average Bonchev–Trinajstić information content (AvgIpc) is 2.36. The number of carboxylic acid groups (broad SMARTS) is 2. The van der Waals surface area contributed by atoms with Crippen molar-refractivity contribution in [2.45, 2.75) is 12.7 Å². The van der Waals surface area contributed by atoms with Gasteiger partial charge in [0.05, 0.1) is 13.1 Å². The Hall–Kier alpha value is -1.90. The Bertz CT molecular complexity index is 410.